The van der Waals surface area contributed by atoms with Crippen molar-refractivity contribution >= 4 is 23.8 Å². The fourth-order valence-electron chi connectivity index (χ4n) is 1.25. The monoisotopic (exact) mass is 236 g/mol. The van der Waals surface area contributed by atoms with Crippen LogP contribution in [0.1, 0.15) is 0 Å². The van der Waals surface area contributed by atoms with Gasteiger partial charge in [0.15, 0.2) is 5.82 Å². The number of hydrogen-bond donors (Lipinski definition) is 3. The maximum Gasteiger partial charge on any atom is 0.175 e. The summed E-state index contributed by atoms with van der Waals surface area (Å²) in [5.41, 5.74) is 3.61. The number of nitrogens with zero attached hydrogens (tertiary/aromatic N) is 2. The summed E-state index contributed by atoms with van der Waals surface area (Å²) in [7, 11) is 0. The topological polar surface area (TPSA) is 73.3 Å². The molecule has 0 aliphatic heterocycles. The lowest BCUT2D eigenvalue weighted by Gasteiger charge is -1.95. The average molecular weight is 237 g/mol. The maximum absolute atomic E-state index is 8.33. The predicted octanol–water partition coefficient (Wildman–Crippen LogP) is 2.37. The number of H-pyrrole nitrogens is 1. The first kappa shape index (κ1) is 10.7. The van der Waals surface area contributed by atoms with Crippen LogP contribution in [0.5, 0.6) is 0 Å². The van der Waals surface area contributed by atoms with Crippen molar-refractivity contribution < 1.29 is 5.21 Å². The van der Waals surface area contributed by atoms with Gasteiger partial charge in [0.25, 0.3) is 0 Å². The Morgan fingerprint density at radius 2 is 2.12 bits per heavy atom. The molecule has 0 radical (unpaired) electrons. The fourth-order valence-corrected chi connectivity index (χ4v) is 1.38. The van der Waals surface area contributed by atoms with Gasteiger partial charge in [0.1, 0.15) is 6.34 Å². The van der Waals surface area contributed by atoms with E-state index in [-0.39, 0.29) is 0 Å². The summed E-state index contributed by atoms with van der Waals surface area (Å²) < 4.78 is 0. The molecule has 0 aliphatic rings. The SMILES string of the molecule is ONC=Nc1cc(-c2ccc(Cl)cc2)[nH]n1. The van der Waals surface area contributed by atoms with E-state index in [2.05, 4.69) is 15.2 Å². The standard InChI is InChI=1S/C10H9ClN4O/c11-8-3-1-7(2-4-8)9-5-10(15-14-9)12-6-13-16/h1-6,16H,(H2,12,13,14,15). The third-order valence-corrected chi connectivity index (χ3v) is 2.23. The minimum atomic E-state index is 0.478. The number of hydrogen-bond acceptors (Lipinski definition) is 3. The number of aromatic amines is 1. The largest absolute Gasteiger partial charge is 0.290 e. The molecule has 0 amide bonds. The van der Waals surface area contributed by atoms with Crippen molar-refractivity contribution in [3.05, 3.63) is 35.4 Å². The highest BCUT2D eigenvalue weighted by Gasteiger charge is 2.01. The number of nitrogens with one attached hydrogen (secondary N) is 2. The van der Waals surface area contributed by atoms with Gasteiger partial charge in [-0.25, -0.2) is 4.99 Å². The highest BCUT2D eigenvalue weighted by atomic mass is 35.5. The Labute approximate surface area is 96.7 Å². The van der Waals surface area contributed by atoms with E-state index in [4.69, 9.17) is 16.8 Å². The molecule has 0 spiro atoms. The third kappa shape index (κ3) is 2.39. The molecule has 0 aliphatic carbocycles. The number of aromatic nitrogens is 2. The second-order valence-electron chi connectivity index (χ2n) is 3.03. The summed E-state index contributed by atoms with van der Waals surface area (Å²) in [5.74, 6) is 0.478. The second kappa shape index (κ2) is 4.78. The Bertz CT molecular complexity index is 492. The van der Waals surface area contributed by atoms with Gasteiger partial charge in [0.2, 0.25) is 0 Å². The first-order chi connectivity index (χ1) is 7.79. The summed E-state index contributed by atoms with van der Waals surface area (Å²) in [6, 6.07) is 9.13. The molecule has 0 atom stereocenters. The zero-order valence-electron chi connectivity index (χ0n) is 8.18. The van der Waals surface area contributed by atoms with Crippen LogP contribution < -0.4 is 5.48 Å². The Morgan fingerprint density at radius 3 is 2.81 bits per heavy atom. The molecule has 1 aromatic heterocycles. The molecule has 0 unspecified atom stereocenters. The maximum atomic E-state index is 8.33. The number of benzene rings is 1. The van der Waals surface area contributed by atoms with Crippen LogP contribution in [0.2, 0.25) is 5.02 Å². The molecule has 0 saturated carbocycles. The van der Waals surface area contributed by atoms with Crippen molar-refractivity contribution in [2.24, 2.45) is 4.99 Å². The molecule has 0 saturated heterocycles. The van der Waals surface area contributed by atoms with Crippen molar-refractivity contribution in [1.82, 2.24) is 15.7 Å². The van der Waals surface area contributed by atoms with Crippen LogP contribution in [0, 0.1) is 0 Å². The minimum Gasteiger partial charge on any atom is -0.290 e. The smallest absolute Gasteiger partial charge is 0.175 e. The van der Waals surface area contributed by atoms with Gasteiger partial charge in [-0.05, 0) is 17.7 Å². The zero-order chi connectivity index (χ0) is 11.4. The molecule has 2 rings (SSSR count). The molecule has 0 bridgehead atoms. The molecule has 2 aromatic rings. The molecular formula is C10H9ClN4O. The molecule has 5 nitrogen and oxygen atoms in total. The predicted molar refractivity (Wildman–Crippen MR) is 62.1 cm³/mol. The summed E-state index contributed by atoms with van der Waals surface area (Å²) in [4.78, 5) is 3.83. The minimum absolute atomic E-state index is 0.478. The normalized spacial score (nSPS) is 10.9. The number of rotatable bonds is 3. The molecule has 1 aromatic carbocycles. The third-order valence-electron chi connectivity index (χ3n) is 1.97. The Balaban J connectivity index is 2.24. The molecule has 1 heterocycles. The lowest BCUT2D eigenvalue weighted by molar-refractivity contribution is 0.240. The summed E-state index contributed by atoms with van der Waals surface area (Å²) in [6.07, 6.45) is 1.14. The van der Waals surface area contributed by atoms with Crippen LogP contribution in [-0.2, 0) is 0 Å². The first-order valence-corrected chi connectivity index (χ1v) is 4.91. The van der Waals surface area contributed by atoms with Crippen molar-refractivity contribution in [3.63, 3.8) is 0 Å². The van der Waals surface area contributed by atoms with Gasteiger partial charge in [0.05, 0.1) is 5.69 Å². The van der Waals surface area contributed by atoms with Gasteiger partial charge in [-0.2, -0.15) is 5.10 Å². The van der Waals surface area contributed by atoms with E-state index in [9.17, 15) is 0 Å². The molecule has 82 valence electrons. The second-order valence-corrected chi connectivity index (χ2v) is 3.47. The molecule has 0 fully saturated rings. The van der Waals surface area contributed by atoms with Gasteiger partial charge in [-0.3, -0.25) is 15.8 Å². The van der Waals surface area contributed by atoms with E-state index in [0.29, 0.717) is 10.8 Å². The van der Waals surface area contributed by atoms with E-state index in [1.807, 2.05) is 17.6 Å². The van der Waals surface area contributed by atoms with E-state index >= 15 is 0 Å². The van der Waals surface area contributed by atoms with Crippen LogP contribution in [0.15, 0.2) is 35.3 Å². The van der Waals surface area contributed by atoms with Crippen molar-refractivity contribution in [3.8, 4) is 11.3 Å². The molecule has 3 N–H and O–H groups in total. The van der Waals surface area contributed by atoms with Gasteiger partial charge in [0, 0.05) is 11.1 Å². The van der Waals surface area contributed by atoms with E-state index < -0.39 is 0 Å². The Morgan fingerprint density at radius 1 is 1.38 bits per heavy atom. The lowest BCUT2D eigenvalue weighted by atomic mass is 10.1. The van der Waals surface area contributed by atoms with Crippen LogP contribution in [0.25, 0.3) is 11.3 Å². The van der Waals surface area contributed by atoms with Crippen LogP contribution in [0.3, 0.4) is 0 Å². The summed E-state index contributed by atoms with van der Waals surface area (Å²) >= 11 is 5.79. The van der Waals surface area contributed by atoms with E-state index in [1.165, 1.54) is 0 Å². The molecule has 6 heteroatoms. The van der Waals surface area contributed by atoms with E-state index in [1.54, 1.807) is 18.2 Å². The van der Waals surface area contributed by atoms with Gasteiger partial charge in [-0.1, -0.05) is 23.7 Å². The van der Waals surface area contributed by atoms with Crippen molar-refractivity contribution in [1.29, 1.82) is 0 Å². The fraction of sp³-hybridized carbons (Fsp3) is 0. The molecule has 16 heavy (non-hydrogen) atoms. The zero-order valence-corrected chi connectivity index (χ0v) is 8.94. The Kier molecular flexibility index (Phi) is 3.19. The van der Waals surface area contributed by atoms with Crippen molar-refractivity contribution in [2.75, 3.05) is 0 Å². The number of aliphatic imine (C=N–C) groups is 1. The highest BCUT2D eigenvalue weighted by Crippen LogP contribution is 2.22. The summed E-state index contributed by atoms with van der Waals surface area (Å²) in [5, 5.41) is 15.8. The van der Waals surface area contributed by atoms with Crippen LogP contribution >= 0.6 is 11.6 Å². The van der Waals surface area contributed by atoms with Gasteiger partial charge >= 0.3 is 0 Å². The first-order valence-electron chi connectivity index (χ1n) is 4.53. The van der Waals surface area contributed by atoms with Gasteiger partial charge < -0.3 is 0 Å². The average Bonchev–Trinajstić information content (AvgIpc) is 2.76. The van der Waals surface area contributed by atoms with E-state index in [0.717, 1.165) is 17.6 Å². The number of halogens is 1. The molecular weight excluding hydrogens is 228 g/mol. The highest BCUT2D eigenvalue weighted by molar-refractivity contribution is 6.30. The van der Waals surface area contributed by atoms with Crippen molar-refractivity contribution in [2.45, 2.75) is 0 Å². The lowest BCUT2D eigenvalue weighted by Crippen LogP contribution is -2.00. The van der Waals surface area contributed by atoms with Crippen LogP contribution in [-0.4, -0.2) is 21.7 Å². The quantitative estimate of drug-likeness (QED) is 0.435. The Hall–Kier alpha value is -1.85. The van der Waals surface area contributed by atoms with Crippen LogP contribution in [0.4, 0.5) is 5.82 Å². The van der Waals surface area contributed by atoms with Gasteiger partial charge in [-0.15, -0.1) is 0 Å². The summed E-state index contributed by atoms with van der Waals surface area (Å²) in [6.45, 7) is 0. The number of hydroxylamine groups is 1.